The number of rotatable bonds is 9. The summed E-state index contributed by atoms with van der Waals surface area (Å²) >= 11 is 6.74. The zero-order chi connectivity index (χ0) is 28.3. The van der Waals surface area contributed by atoms with Crippen LogP contribution in [0.4, 0.5) is 5.69 Å². The van der Waals surface area contributed by atoms with Gasteiger partial charge in [0.15, 0.2) is 11.5 Å². The van der Waals surface area contributed by atoms with Gasteiger partial charge in [-0.1, -0.05) is 17.7 Å². The molecule has 2 aliphatic heterocycles. The average molecular weight is 559 g/mol. The van der Waals surface area contributed by atoms with E-state index in [1.807, 2.05) is 13.1 Å². The number of benzene rings is 2. The third kappa shape index (κ3) is 5.84. The molecular formula is C29H35ClN2O7. The van der Waals surface area contributed by atoms with Crippen molar-refractivity contribution in [2.45, 2.75) is 45.1 Å². The van der Waals surface area contributed by atoms with Crippen molar-refractivity contribution in [3.63, 3.8) is 0 Å². The molecule has 2 fully saturated rings. The lowest BCUT2D eigenvalue weighted by Gasteiger charge is -2.28. The molecule has 2 aromatic carbocycles. The second-order valence-corrected chi connectivity index (χ2v) is 10.3. The summed E-state index contributed by atoms with van der Waals surface area (Å²) in [4.78, 5) is 42.5. The molecule has 0 radical (unpaired) electrons. The molecule has 0 aromatic heterocycles. The zero-order valence-electron chi connectivity index (χ0n) is 23.0. The van der Waals surface area contributed by atoms with Gasteiger partial charge in [0.2, 0.25) is 0 Å². The normalized spacial score (nSPS) is 19.2. The predicted octanol–water partition coefficient (Wildman–Crippen LogP) is 4.73. The molecule has 2 heterocycles. The molecule has 9 nitrogen and oxygen atoms in total. The summed E-state index contributed by atoms with van der Waals surface area (Å²) in [5, 5.41) is 0.304. The molecular weight excluding hydrogens is 524 g/mol. The summed E-state index contributed by atoms with van der Waals surface area (Å²) in [5.41, 5.74) is 1.65. The predicted molar refractivity (Wildman–Crippen MR) is 148 cm³/mol. The Kier molecular flexibility index (Phi) is 9.02. The van der Waals surface area contributed by atoms with Crippen LogP contribution >= 0.6 is 11.6 Å². The van der Waals surface area contributed by atoms with Crippen molar-refractivity contribution in [1.29, 1.82) is 0 Å². The number of carbonyl (C=O) groups excluding carboxylic acids is 3. The lowest BCUT2D eigenvalue weighted by atomic mass is 9.87. The first-order valence-electron chi connectivity index (χ1n) is 13.1. The summed E-state index contributed by atoms with van der Waals surface area (Å²) < 4.78 is 22.7. The van der Waals surface area contributed by atoms with Gasteiger partial charge < -0.3 is 23.8 Å². The number of carbonyl (C=O) groups is 3. The van der Waals surface area contributed by atoms with Gasteiger partial charge in [-0.05, 0) is 51.9 Å². The lowest BCUT2D eigenvalue weighted by molar-refractivity contribution is -0.142. The molecule has 0 bridgehead atoms. The third-order valence-electron chi connectivity index (χ3n) is 7.53. The highest BCUT2D eigenvalue weighted by Crippen LogP contribution is 2.48. The number of methoxy groups -OCH3 is 2. The van der Waals surface area contributed by atoms with Gasteiger partial charge >= 0.3 is 11.9 Å². The maximum atomic E-state index is 13.7. The van der Waals surface area contributed by atoms with Crippen molar-refractivity contribution in [2.24, 2.45) is 0 Å². The van der Waals surface area contributed by atoms with Crippen LogP contribution in [0.5, 0.6) is 17.2 Å². The number of halogens is 1. The monoisotopic (exact) mass is 558 g/mol. The minimum absolute atomic E-state index is 0.0690. The molecule has 4 rings (SSSR count). The van der Waals surface area contributed by atoms with Crippen molar-refractivity contribution in [2.75, 3.05) is 52.4 Å². The van der Waals surface area contributed by atoms with E-state index in [2.05, 4.69) is 9.80 Å². The molecule has 10 heteroatoms. The highest BCUT2D eigenvalue weighted by molar-refractivity contribution is 6.36. The Morgan fingerprint density at radius 2 is 1.72 bits per heavy atom. The Bertz CT molecular complexity index is 1260. The van der Waals surface area contributed by atoms with Gasteiger partial charge in [-0.3, -0.25) is 14.5 Å². The Morgan fingerprint density at radius 1 is 1.03 bits per heavy atom. The first-order chi connectivity index (χ1) is 18.7. The number of esters is 2. The number of nitrogens with zero attached hydrogens (tertiary/aromatic N) is 2. The molecule has 0 aliphatic carbocycles. The Balaban J connectivity index is 1.83. The molecule has 2 aromatic rings. The number of likely N-dealkylation sites (N-methyl/N-ethyl adjacent to an activating group) is 1. The van der Waals surface area contributed by atoms with Crippen molar-refractivity contribution >= 4 is 35.0 Å². The maximum absolute atomic E-state index is 13.7. The number of ether oxygens (including phenoxy) is 4. The first kappa shape index (κ1) is 28.7. The second kappa shape index (κ2) is 12.3. The van der Waals surface area contributed by atoms with Crippen LogP contribution in [-0.4, -0.2) is 76.2 Å². The van der Waals surface area contributed by atoms with E-state index in [1.165, 1.54) is 28.1 Å². The number of ketones is 1. The minimum Gasteiger partial charge on any atom is -0.496 e. The fourth-order valence-corrected chi connectivity index (χ4v) is 5.89. The van der Waals surface area contributed by atoms with Crippen molar-refractivity contribution in [1.82, 2.24) is 4.90 Å². The number of likely N-dealkylation sites (tertiary alicyclic amines) is 1. The number of hydrogen-bond donors (Lipinski definition) is 0. The van der Waals surface area contributed by atoms with E-state index in [-0.39, 0.29) is 52.9 Å². The molecule has 0 saturated carbocycles. The molecule has 0 N–H and O–H groups in total. The van der Waals surface area contributed by atoms with Crippen molar-refractivity contribution < 1.29 is 33.3 Å². The molecule has 39 heavy (non-hydrogen) atoms. The van der Waals surface area contributed by atoms with Gasteiger partial charge in [-0.2, -0.15) is 0 Å². The summed E-state index contributed by atoms with van der Waals surface area (Å²) in [5.74, 6) is -0.974. The fourth-order valence-electron chi connectivity index (χ4n) is 5.57. The number of anilines is 1. The largest absolute Gasteiger partial charge is 0.496 e. The minimum atomic E-state index is -0.692. The van der Waals surface area contributed by atoms with Crippen LogP contribution in [-0.2, 0) is 9.53 Å². The highest BCUT2D eigenvalue weighted by atomic mass is 35.5. The van der Waals surface area contributed by atoms with Crippen LogP contribution < -0.4 is 19.1 Å². The van der Waals surface area contributed by atoms with Crippen LogP contribution in [0.25, 0.3) is 0 Å². The van der Waals surface area contributed by atoms with Gasteiger partial charge in [-0.25, -0.2) is 4.79 Å². The van der Waals surface area contributed by atoms with E-state index >= 15 is 0 Å². The first-order valence-corrected chi connectivity index (χ1v) is 13.4. The molecule has 0 unspecified atom stereocenters. The molecule has 210 valence electrons. The highest BCUT2D eigenvalue weighted by Gasteiger charge is 2.40. The molecule has 2 atom stereocenters. The standard InChI is InChI=1S/C29H35ClN2O7/c1-17(33)25-23(36-4)15-24(37-5)26(19-11-14-31(3)22(19)16-38-18(2)34)28(25)39-29(35)20-9-8-10-21(27(20)30)32-12-6-7-13-32/h8-10,15,19,22H,6-7,11-14,16H2,1-5H3/t19-,22+/m0/s1. The quantitative estimate of drug-likeness (QED) is 0.246. The zero-order valence-corrected chi connectivity index (χ0v) is 23.8. The van der Waals surface area contributed by atoms with Crippen LogP contribution in [0.2, 0.25) is 5.02 Å². The van der Waals surface area contributed by atoms with Crippen LogP contribution in [0.3, 0.4) is 0 Å². The van der Waals surface area contributed by atoms with Gasteiger partial charge in [0.1, 0.15) is 23.7 Å². The Hall–Kier alpha value is -3.30. The van der Waals surface area contributed by atoms with E-state index in [0.29, 0.717) is 29.3 Å². The Labute approximate surface area is 233 Å². The third-order valence-corrected chi connectivity index (χ3v) is 7.93. The van der Waals surface area contributed by atoms with E-state index < -0.39 is 5.97 Å². The van der Waals surface area contributed by atoms with Gasteiger partial charge in [-0.15, -0.1) is 0 Å². The maximum Gasteiger partial charge on any atom is 0.345 e. The SMILES string of the molecule is COc1cc(OC)c([C@H]2CCN(C)[C@@H]2COC(C)=O)c(OC(=O)c2cccc(N3CCCC3)c2Cl)c1C(C)=O. The van der Waals surface area contributed by atoms with E-state index in [1.54, 1.807) is 18.2 Å². The molecule has 2 aliphatic rings. The molecule has 0 spiro atoms. The summed E-state index contributed by atoms with van der Waals surface area (Å²) in [7, 11) is 4.88. The van der Waals surface area contributed by atoms with Gasteiger partial charge in [0, 0.05) is 37.6 Å². The fraction of sp³-hybridized carbons (Fsp3) is 0.483. The van der Waals surface area contributed by atoms with Gasteiger partial charge in [0.05, 0.1) is 36.5 Å². The van der Waals surface area contributed by atoms with Gasteiger partial charge in [0.25, 0.3) is 0 Å². The average Bonchev–Trinajstić information content (AvgIpc) is 3.56. The molecule has 2 saturated heterocycles. The molecule has 0 amide bonds. The number of Topliss-reactive ketones (excluding diaryl/α,β-unsaturated/α-hetero) is 1. The van der Waals surface area contributed by atoms with Crippen LogP contribution in [0.1, 0.15) is 65.3 Å². The summed E-state index contributed by atoms with van der Waals surface area (Å²) in [6.45, 7) is 5.32. The second-order valence-electron chi connectivity index (χ2n) is 9.92. The van der Waals surface area contributed by atoms with E-state index in [0.717, 1.165) is 31.6 Å². The smallest absolute Gasteiger partial charge is 0.345 e. The number of hydrogen-bond acceptors (Lipinski definition) is 9. The van der Waals surface area contributed by atoms with Crippen LogP contribution in [0.15, 0.2) is 24.3 Å². The van der Waals surface area contributed by atoms with Crippen LogP contribution in [0, 0.1) is 0 Å². The summed E-state index contributed by atoms with van der Waals surface area (Å²) in [6.07, 6.45) is 2.78. The topological polar surface area (TPSA) is 94.6 Å². The van der Waals surface area contributed by atoms with E-state index in [4.69, 9.17) is 30.5 Å². The van der Waals surface area contributed by atoms with E-state index in [9.17, 15) is 14.4 Å². The lowest BCUT2D eigenvalue weighted by Crippen LogP contribution is -2.34. The van der Waals surface area contributed by atoms with Crippen molar-refractivity contribution in [3.8, 4) is 17.2 Å². The summed E-state index contributed by atoms with van der Waals surface area (Å²) in [6, 6.07) is 6.68. The van der Waals surface area contributed by atoms with Crippen molar-refractivity contribution in [3.05, 3.63) is 46.0 Å². The Morgan fingerprint density at radius 3 is 2.33 bits per heavy atom.